The lowest BCUT2D eigenvalue weighted by Gasteiger charge is -2.05. The van der Waals surface area contributed by atoms with E-state index in [1.165, 1.54) is 0 Å². The van der Waals surface area contributed by atoms with E-state index in [1.54, 1.807) is 49.6 Å². The third-order valence-electron chi connectivity index (χ3n) is 2.81. The highest BCUT2D eigenvalue weighted by molar-refractivity contribution is 9.10. The maximum absolute atomic E-state index is 11.9. The fraction of sp³-hybridized carbons (Fsp3) is 0.125. The molecule has 21 heavy (non-hydrogen) atoms. The Hall–Kier alpha value is -2.14. The molecular weight excluding hydrogens is 336 g/mol. The summed E-state index contributed by atoms with van der Waals surface area (Å²) in [7, 11) is 1.55. The van der Waals surface area contributed by atoms with Gasteiger partial charge >= 0.3 is 5.97 Å². The Morgan fingerprint density at radius 1 is 1.05 bits per heavy atom. The Balaban J connectivity index is 1.95. The molecule has 0 aromatic heterocycles. The summed E-state index contributed by atoms with van der Waals surface area (Å²) in [5.74, 6) is -0.143. The first-order valence-electron chi connectivity index (χ1n) is 6.20. The van der Waals surface area contributed by atoms with Crippen LogP contribution in [0.5, 0.6) is 5.75 Å². The number of carbonyl (C=O) groups excluding carboxylic acids is 2. The number of hydrogen-bond acceptors (Lipinski definition) is 4. The van der Waals surface area contributed by atoms with Crippen LogP contribution in [0.25, 0.3) is 0 Å². The van der Waals surface area contributed by atoms with Gasteiger partial charge in [-0.15, -0.1) is 0 Å². The van der Waals surface area contributed by atoms with Gasteiger partial charge in [0.25, 0.3) is 0 Å². The number of rotatable bonds is 5. The molecule has 0 aliphatic carbocycles. The van der Waals surface area contributed by atoms with E-state index in [2.05, 4.69) is 15.9 Å². The molecular formula is C16H13BrO4. The number of halogens is 1. The van der Waals surface area contributed by atoms with E-state index in [4.69, 9.17) is 9.47 Å². The SMILES string of the molecule is COc1ccc(C(=O)OCC(=O)c2cccc(Br)c2)cc1. The number of carbonyl (C=O) groups is 2. The standard InChI is InChI=1S/C16H13BrO4/c1-20-14-7-5-11(6-8-14)16(19)21-10-15(18)12-3-2-4-13(17)9-12/h2-9H,10H2,1H3. The van der Waals surface area contributed by atoms with Crippen LogP contribution in [-0.2, 0) is 4.74 Å². The fourth-order valence-corrected chi connectivity index (χ4v) is 2.09. The summed E-state index contributed by atoms with van der Waals surface area (Å²) in [6, 6.07) is 13.4. The number of methoxy groups -OCH3 is 1. The lowest BCUT2D eigenvalue weighted by molar-refractivity contribution is 0.0474. The lowest BCUT2D eigenvalue weighted by Crippen LogP contribution is -2.14. The first-order valence-corrected chi connectivity index (χ1v) is 6.99. The zero-order valence-corrected chi connectivity index (χ0v) is 12.9. The summed E-state index contributed by atoms with van der Waals surface area (Å²) in [6.07, 6.45) is 0. The van der Waals surface area contributed by atoms with Crippen LogP contribution in [0.15, 0.2) is 53.0 Å². The van der Waals surface area contributed by atoms with Gasteiger partial charge in [-0.3, -0.25) is 4.79 Å². The minimum absolute atomic E-state index is 0.252. The van der Waals surface area contributed by atoms with E-state index in [0.717, 1.165) is 4.47 Å². The van der Waals surface area contributed by atoms with E-state index in [1.807, 2.05) is 6.07 Å². The summed E-state index contributed by atoms with van der Waals surface area (Å²) >= 11 is 3.29. The van der Waals surface area contributed by atoms with E-state index in [9.17, 15) is 9.59 Å². The van der Waals surface area contributed by atoms with Gasteiger partial charge in [0.15, 0.2) is 12.4 Å². The summed E-state index contributed by atoms with van der Waals surface area (Å²) in [5, 5.41) is 0. The second kappa shape index (κ2) is 7.04. The van der Waals surface area contributed by atoms with Gasteiger partial charge in [-0.2, -0.15) is 0 Å². The molecule has 5 heteroatoms. The predicted molar refractivity (Wildman–Crippen MR) is 81.7 cm³/mol. The van der Waals surface area contributed by atoms with Gasteiger partial charge in [-0.05, 0) is 36.4 Å². The summed E-state index contributed by atoms with van der Waals surface area (Å²) < 4.78 is 10.8. The zero-order valence-electron chi connectivity index (χ0n) is 11.3. The average Bonchev–Trinajstić information content (AvgIpc) is 2.52. The molecule has 108 valence electrons. The molecule has 0 atom stereocenters. The van der Waals surface area contributed by atoms with Crippen molar-refractivity contribution in [3.8, 4) is 5.75 Å². The molecule has 0 heterocycles. The highest BCUT2D eigenvalue weighted by atomic mass is 79.9. The van der Waals surface area contributed by atoms with Gasteiger partial charge < -0.3 is 9.47 Å². The molecule has 0 saturated heterocycles. The van der Waals surface area contributed by atoms with Gasteiger partial charge in [0.2, 0.25) is 0 Å². The second-order valence-electron chi connectivity index (χ2n) is 4.24. The molecule has 0 aliphatic heterocycles. The van der Waals surface area contributed by atoms with Crippen molar-refractivity contribution in [1.29, 1.82) is 0 Å². The molecule has 0 saturated carbocycles. The van der Waals surface area contributed by atoms with Gasteiger partial charge in [0.1, 0.15) is 5.75 Å². The second-order valence-corrected chi connectivity index (χ2v) is 5.15. The first kappa shape index (κ1) is 15.3. The van der Waals surface area contributed by atoms with Crippen LogP contribution in [0.3, 0.4) is 0 Å². The van der Waals surface area contributed by atoms with Crippen LogP contribution in [0.4, 0.5) is 0 Å². The molecule has 2 rings (SSSR count). The zero-order chi connectivity index (χ0) is 15.2. The van der Waals surface area contributed by atoms with Gasteiger partial charge in [0.05, 0.1) is 12.7 Å². The molecule has 0 fully saturated rings. The van der Waals surface area contributed by atoms with Gasteiger partial charge in [0, 0.05) is 10.0 Å². The average molecular weight is 349 g/mol. The lowest BCUT2D eigenvalue weighted by atomic mass is 10.1. The molecule has 0 unspecified atom stereocenters. The molecule has 2 aromatic carbocycles. The molecule has 0 N–H and O–H groups in total. The number of esters is 1. The van der Waals surface area contributed by atoms with E-state index < -0.39 is 5.97 Å². The minimum Gasteiger partial charge on any atom is -0.497 e. The topological polar surface area (TPSA) is 52.6 Å². The van der Waals surface area contributed by atoms with Crippen LogP contribution in [-0.4, -0.2) is 25.5 Å². The Labute approximate surface area is 130 Å². The van der Waals surface area contributed by atoms with E-state index >= 15 is 0 Å². The largest absolute Gasteiger partial charge is 0.497 e. The van der Waals surface area contributed by atoms with Crippen molar-refractivity contribution in [2.24, 2.45) is 0 Å². The highest BCUT2D eigenvalue weighted by Gasteiger charge is 2.12. The summed E-state index contributed by atoms with van der Waals surface area (Å²) in [4.78, 5) is 23.7. The van der Waals surface area contributed by atoms with Gasteiger partial charge in [-0.1, -0.05) is 28.1 Å². The van der Waals surface area contributed by atoms with Crippen molar-refractivity contribution < 1.29 is 19.1 Å². The summed E-state index contributed by atoms with van der Waals surface area (Å²) in [5.41, 5.74) is 0.866. The van der Waals surface area contributed by atoms with Crippen molar-refractivity contribution in [2.45, 2.75) is 0 Å². The van der Waals surface area contributed by atoms with Crippen LogP contribution in [0, 0.1) is 0 Å². The van der Waals surface area contributed by atoms with Crippen LogP contribution < -0.4 is 4.74 Å². The van der Waals surface area contributed by atoms with Crippen LogP contribution >= 0.6 is 15.9 Å². The quantitative estimate of drug-likeness (QED) is 0.613. The van der Waals surface area contributed by atoms with E-state index in [-0.39, 0.29) is 12.4 Å². The molecule has 0 amide bonds. The molecule has 0 spiro atoms. The Bertz CT molecular complexity index is 650. The van der Waals surface area contributed by atoms with Crippen LogP contribution in [0.2, 0.25) is 0 Å². The third kappa shape index (κ3) is 4.16. The van der Waals surface area contributed by atoms with Crippen molar-refractivity contribution >= 4 is 27.7 Å². The number of ketones is 1. The van der Waals surface area contributed by atoms with E-state index in [0.29, 0.717) is 16.9 Å². The maximum Gasteiger partial charge on any atom is 0.338 e. The maximum atomic E-state index is 11.9. The summed E-state index contributed by atoms with van der Waals surface area (Å²) in [6.45, 7) is -0.290. The van der Waals surface area contributed by atoms with Crippen molar-refractivity contribution in [2.75, 3.05) is 13.7 Å². The number of benzene rings is 2. The Morgan fingerprint density at radius 3 is 2.38 bits per heavy atom. The molecule has 0 radical (unpaired) electrons. The number of hydrogen-bond donors (Lipinski definition) is 0. The Kier molecular flexibility index (Phi) is 5.11. The van der Waals surface area contributed by atoms with Crippen LogP contribution in [0.1, 0.15) is 20.7 Å². The fourth-order valence-electron chi connectivity index (χ4n) is 1.69. The molecule has 2 aromatic rings. The number of ether oxygens (including phenoxy) is 2. The first-order chi connectivity index (χ1) is 10.1. The van der Waals surface area contributed by atoms with Gasteiger partial charge in [-0.25, -0.2) is 4.79 Å². The normalized spacial score (nSPS) is 10.0. The monoisotopic (exact) mass is 348 g/mol. The smallest absolute Gasteiger partial charge is 0.338 e. The molecule has 0 bridgehead atoms. The predicted octanol–water partition coefficient (Wildman–Crippen LogP) is 3.50. The van der Waals surface area contributed by atoms with Crippen molar-refractivity contribution in [3.63, 3.8) is 0 Å². The third-order valence-corrected chi connectivity index (χ3v) is 3.30. The highest BCUT2D eigenvalue weighted by Crippen LogP contribution is 2.14. The molecule has 0 aliphatic rings. The van der Waals surface area contributed by atoms with Crippen molar-refractivity contribution in [1.82, 2.24) is 0 Å². The minimum atomic E-state index is -0.541. The van der Waals surface area contributed by atoms with Crippen molar-refractivity contribution in [3.05, 3.63) is 64.1 Å². The Morgan fingerprint density at radius 2 is 1.76 bits per heavy atom. The number of Topliss-reactive ketones (excluding diaryl/α,β-unsaturated/α-hetero) is 1. The molecule has 4 nitrogen and oxygen atoms in total.